The lowest BCUT2D eigenvalue weighted by Gasteiger charge is -2.14. The van der Waals surface area contributed by atoms with Crippen molar-refractivity contribution in [1.29, 1.82) is 0 Å². The van der Waals surface area contributed by atoms with Crippen molar-refractivity contribution in [2.45, 2.75) is 33.2 Å². The van der Waals surface area contributed by atoms with E-state index in [2.05, 4.69) is 0 Å². The van der Waals surface area contributed by atoms with Gasteiger partial charge in [0.2, 0.25) is 0 Å². The number of esters is 2. The second-order valence-corrected chi connectivity index (χ2v) is 8.19. The molecular weight excluding hydrogens is 503 g/mol. The van der Waals surface area contributed by atoms with Gasteiger partial charge in [0.15, 0.2) is 17.0 Å². The van der Waals surface area contributed by atoms with Crippen LogP contribution in [0.4, 0.5) is 4.39 Å². The number of halogens is 1. The number of hydrogen-bond donors (Lipinski definition) is 0. The molecule has 11 heteroatoms. The number of carbonyl (C=O) groups is 2. The van der Waals surface area contributed by atoms with E-state index in [-0.39, 0.29) is 58.2 Å². The van der Waals surface area contributed by atoms with E-state index >= 15 is 0 Å². The van der Waals surface area contributed by atoms with E-state index in [4.69, 9.17) is 27.8 Å². The fourth-order valence-corrected chi connectivity index (χ4v) is 3.59. The smallest absolute Gasteiger partial charge is 0.303 e. The van der Waals surface area contributed by atoms with Gasteiger partial charge in [0.1, 0.15) is 71.4 Å². The largest absolute Gasteiger partial charge is 0.489 e. The molecule has 0 bridgehead atoms. The van der Waals surface area contributed by atoms with Gasteiger partial charge < -0.3 is 27.8 Å². The number of rotatable bonds is 10. The van der Waals surface area contributed by atoms with E-state index in [0.717, 1.165) is 0 Å². The Hall–Kier alpha value is -4.67. The maximum atomic E-state index is 14.7. The first-order chi connectivity index (χ1) is 18.2. The maximum absolute atomic E-state index is 14.7. The van der Waals surface area contributed by atoms with Crippen molar-refractivity contribution in [3.63, 3.8) is 0 Å². The molecule has 0 saturated carbocycles. The second kappa shape index (κ2) is 11.6. The summed E-state index contributed by atoms with van der Waals surface area (Å²) in [5, 5.41) is 0.229. The van der Waals surface area contributed by atoms with E-state index in [9.17, 15) is 23.6 Å². The molecule has 0 radical (unpaired) electrons. The van der Waals surface area contributed by atoms with Crippen molar-refractivity contribution < 1.29 is 41.8 Å². The molecule has 0 atom stereocenters. The zero-order valence-corrected chi connectivity index (χ0v) is 20.5. The normalized spacial score (nSPS) is 11.1. The minimum absolute atomic E-state index is 0.114. The maximum Gasteiger partial charge on any atom is 0.303 e. The van der Waals surface area contributed by atoms with Crippen LogP contribution in [0.15, 0.2) is 67.0 Å². The number of alkyl halides is 1. The minimum Gasteiger partial charge on any atom is -0.489 e. The molecule has 0 amide bonds. The van der Waals surface area contributed by atoms with E-state index in [0.29, 0.717) is 0 Å². The summed E-state index contributed by atoms with van der Waals surface area (Å²) in [5.41, 5.74) is -0.490. The van der Waals surface area contributed by atoms with E-state index < -0.39 is 42.2 Å². The quantitative estimate of drug-likeness (QED) is 0.281. The van der Waals surface area contributed by atoms with Gasteiger partial charge in [-0.25, -0.2) is 4.39 Å². The van der Waals surface area contributed by atoms with E-state index in [1.807, 2.05) is 0 Å². The van der Waals surface area contributed by atoms with Crippen LogP contribution in [-0.2, 0) is 32.3 Å². The Labute approximate surface area is 214 Å². The van der Waals surface area contributed by atoms with Crippen LogP contribution in [0.2, 0.25) is 0 Å². The van der Waals surface area contributed by atoms with Crippen LogP contribution in [0, 0.1) is 0 Å². The molecule has 10 nitrogen and oxygen atoms in total. The number of hydrogen-bond acceptors (Lipinski definition) is 10. The first kappa shape index (κ1) is 26.4. The summed E-state index contributed by atoms with van der Waals surface area (Å²) in [6.45, 7) is 1.19. The summed E-state index contributed by atoms with van der Waals surface area (Å²) in [7, 11) is 0. The monoisotopic (exact) mass is 526 g/mol. The number of carbonyl (C=O) groups excluding carboxylic acids is 2. The molecule has 2 aromatic carbocycles. The Bertz CT molecular complexity index is 1480. The molecule has 0 aliphatic carbocycles. The third kappa shape index (κ3) is 6.36. The summed E-state index contributed by atoms with van der Waals surface area (Å²) in [4.78, 5) is 47.2. The Balaban J connectivity index is 1.43. The average molecular weight is 526 g/mol. The summed E-state index contributed by atoms with van der Waals surface area (Å²) < 4.78 is 46.7. The highest BCUT2D eigenvalue weighted by molar-refractivity contribution is 5.84. The highest BCUT2D eigenvalue weighted by Crippen LogP contribution is 2.26. The minimum atomic E-state index is -1.62. The lowest BCUT2D eigenvalue weighted by Crippen LogP contribution is -2.22. The number of benzene rings is 2. The van der Waals surface area contributed by atoms with E-state index in [1.54, 1.807) is 24.3 Å². The molecule has 0 aliphatic heterocycles. The Kier molecular flexibility index (Phi) is 8.05. The summed E-state index contributed by atoms with van der Waals surface area (Å²) in [6.07, 6.45) is -1.62. The van der Waals surface area contributed by atoms with Crippen LogP contribution in [0.25, 0.3) is 21.9 Å². The Morgan fingerprint density at radius 1 is 0.763 bits per heavy atom. The lowest BCUT2D eigenvalue weighted by atomic mass is 10.2. The molecule has 4 rings (SSSR count). The second-order valence-electron chi connectivity index (χ2n) is 8.19. The summed E-state index contributed by atoms with van der Waals surface area (Å²) in [5.74, 6) is -0.494. The van der Waals surface area contributed by atoms with Gasteiger partial charge in [0, 0.05) is 26.0 Å². The van der Waals surface area contributed by atoms with Gasteiger partial charge in [-0.05, 0) is 24.3 Å². The van der Waals surface area contributed by atoms with Gasteiger partial charge in [-0.3, -0.25) is 19.2 Å². The Morgan fingerprint density at radius 2 is 1.18 bits per heavy atom. The average Bonchev–Trinajstić information content (AvgIpc) is 2.88. The van der Waals surface area contributed by atoms with Gasteiger partial charge in [0.05, 0.1) is 0 Å². The zero-order valence-electron chi connectivity index (χ0n) is 20.5. The fourth-order valence-electron chi connectivity index (χ4n) is 3.59. The first-order valence-electron chi connectivity index (χ1n) is 11.5. The molecule has 0 N–H and O–H groups in total. The fraction of sp³-hybridized carbons (Fsp3) is 0.259. The summed E-state index contributed by atoms with van der Waals surface area (Å²) in [6, 6.07) is 11.6. The van der Waals surface area contributed by atoms with Crippen molar-refractivity contribution >= 4 is 33.9 Å². The SMILES string of the molecule is CC(=O)OCc1cc(=O)c2c(OCC(F)COc3cccc4oc(COC(C)=O)cc(=O)c34)cccc2o1. The van der Waals surface area contributed by atoms with E-state index in [1.165, 1.54) is 38.1 Å². The topological polar surface area (TPSA) is 131 Å². The van der Waals surface area contributed by atoms with Crippen LogP contribution in [0.1, 0.15) is 25.4 Å². The van der Waals surface area contributed by atoms with Crippen LogP contribution in [0.5, 0.6) is 11.5 Å². The third-order valence-electron chi connectivity index (χ3n) is 5.21. The van der Waals surface area contributed by atoms with Gasteiger partial charge in [0.25, 0.3) is 0 Å². The van der Waals surface area contributed by atoms with Crippen molar-refractivity contribution in [2.24, 2.45) is 0 Å². The van der Waals surface area contributed by atoms with Crippen LogP contribution < -0.4 is 20.3 Å². The molecule has 2 heterocycles. The van der Waals surface area contributed by atoms with Gasteiger partial charge in [-0.2, -0.15) is 0 Å². The zero-order chi connectivity index (χ0) is 27.2. The highest BCUT2D eigenvalue weighted by atomic mass is 19.1. The third-order valence-corrected chi connectivity index (χ3v) is 5.21. The molecular formula is C27H23FO10. The van der Waals surface area contributed by atoms with Gasteiger partial charge >= 0.3 is 11.9 Å². The highest BCUT2D eigenvalue weighted by Gasteiger charge is 2.16. The van der Waals surface area contributed by atoms with Crippen LogP contribution in [0.3, 0.4) is 0 Å². The van der Waals surface area contributed by atoms with Gasteiger partial charge in [-0.1, -0.05) is 12.1 Å². The molecule has 2 aromatic heterocycles. The molecule has 4 aromatic rings. The van der Waals surface area contributed by atoms with Crippen molar-refractivity contribution in [3.05, 3.63) is 80.5 Å². The molecule has 38 heavy (non-hydrogen) atoms. The van der Waals surface area contributed by atoms with Crippen molar-refractivity contribution in [3.8, 4) is 11.5 Å². The predicted molar refractivity (Wildman–Crippen MR) is 132 cm³/mol. The predicted octanol–water partition coefficient (Wildman–Crippen LogP) is 3.82. The number of ether oxygens (including phenoxy) is 4. The molecule has 198 valence electrons. The molecule has 0 unspecified atom stereocenters. The van der Waals surface area contributed by atoms with Crippen molar-refractivity contribution in [2.75, 3.05) is 13.2 Å². The lowest BCUT2D eigenvalue weighted by molar-refractivity contribution is -0.143. The van der Waals surface area contributed by atoms with Crippen molar-refractivity contribution in [1.82, 2.24) is 0 Å². The number of fused-ring (bicyclic) bond motifs is 2. The molecule has 0 fully saturated rings. The molecule has 0 saturated heterocycles. The van der Waals surface area contributed by atoms with Gasteiger partial charge in [-0.15, -0.1) is 0 Å². The van der Waals surface area contributed by atoms with Crippen LogP contribution >= 0.6 is 0 Å². The molecule has 0 aliphatic rings. The molecule has 0 spiro atoms. The van der Waals surface area contributed by atoms with Crippen LogP contribution in [-0.4, -0.2) is 31.3 Å². The summed E-state index contributed by atoms with van der Waals surface area (Å²) >= 11 is 0. The first-order valence-corrected chi connectivity index (χ1v) is 11.5. The standard InChI is InChI=1S/C27H23FO10/c1-15(29)33-13-18-9-20(31)26-22(5-3-7-24(26)37-18)35-11-17(28)12-36-23-6-4-8-25-27(23)21(32)10-19(38-25)14-34-16(2)30/h3-10,17H,11-14H2,1-2H3. The Morgan fingerprint density at radius 3 is 1.58 bits per heavy atom.